The van der Waals surface area contributed by atoms with Gasteiger partial charge in [0.15, 0.2) is 5.78 Å². The molecule has 0 atom stereocenters. The van der Waals surface area contributed by atoms with Crippen LogP contribution in [0.15, 0.2) is 18.2 Å². The van der Waals surface area contributed by atoms with E-state index in [1.807, 2.05) is 0 Å². The van der Waals surface area contributed by atoms with Gasteiger partial charge >= 0.3 is 11.4 Å². The van der Waals surface area contributed by atoms with Gasteiger partial charge < -0.3 is 0 Å². The van der Waals surface area contributed by atoms with Crippen LogP contribution in [0.3, 0.4) is 0 Å². The van der Waals surface area contributed by atoms with Crippen molar-refractivity contribution in [1.82, 2.24) is 0 Å². The summed E-state index contributed by atoms with van der Waals surface area (Å²) in [5.74, 6) is -0.999. The largest absolute Gasteiger partial charge is 0.346 e. The SMILES string of the molecule is CC(=O)CC(=O)c1ccc([N+](=O)[O-])c([N+](=O)[O-])c1. The van der Waals surface area contributed by atoms with Crippen LogP contribution >= 0.6 is 0 Å². The molecule has 0 aliphatic heterocycles. The van der Waals surface area contributed by atoms with E-state index in [2.05, 4.69) is 0 Å². The molecule has 0 saturated carbocycles. The van der Waals surface area contributed by atoms with Gasteiger partial charge in [0.2, 0.25) is 0 Å². The summed E-state index contributed by atoms with van der Waals surface area (Å²) in [6.45, 7) is 1.21. The smallest absolute Gasteiger partial charge is 0.300 e. The molecule has 0 aliphatic rings. The van der Waals surface area contributed by atoms with Crippen LogP contribution in [0.25, 0.3) is 0 Å². The van der Waals surface area contributed by atoms with Gasteiger partial charge in [-0.05, 0) is 13.0 Å². The zero-order chi connectivity index (χ0) is 13.9. The van der Waals surface area contributed by atoms with Crippen molar-refractivity contribution in [3.8, 4) is 0 Å². The highest BCUT2D eigenvalue weighted by molar-refractivity contribution is 6.07. The first-order chi connectivity index (χ1) is 8.32. The van der Waals surface area contributed by atoms with Crippen LogP contribution in [0.1, 0.15) is 23.7 Å². The van der Waals surface area contributed by atoms with Gasteiger partial charge in [0.1, 0.15) is 5.78 Å². The number of hydrogen-bond acceptors (Lipinski definition) is 6. The van der Waals surface area contributed by atoms with E-state index in [-0.39, 0.29) is 11.3 Å². The van der Waals surface area contributed by atoms with E-state index in [1.165, 1.54) is 6.92 Å². The van der Waals surface area contributed by atoms with E-state index in [9.17, 15) is 29.8 Å². The van der Waals surface area contributed by atoms with Crippen LogP contribution in [-0.2, 0) is 4.79 Å². The Kier molecular flexibility index (Phi) is 3.82. The lowest BCUT2D eigenvalue weighted by atomic mass is 10.1. The highest BCUT2D eigenvalue weighted by atomic mass is 16.6. The molecule has 0 fully saturated rings. The van der Waals surface area contributed by atoms with Crippen LogP contribution < -0.4 is 0 Å². The standard InChI is InChI=1S/C10H8N2O6/c1-6(13)4-10(14)7-2-3-8(11(15)16)9(5-7)12(17)18/h2-3,5H,4H2,1H3. The summed E-state index contributed by atoms with van der Waals surface area (Å²) in [4.78, 5) is 41.6. The average Bonchev–Trinajstić information content (AvgIpc) is 2.26. The summed E-state index contributed by atoms with van der Waals surface area (Å²) in [7, 11) is 0. The minimum atomic E-state index is -0.942. The van der Waals surface area contributed by atoms with Crippen LogP contribution in [0.2, 0.25) is 0 Å². The summed E-state index contributed by atoms with van der Waals surface area (Å²) in [5.41, 5.74) is -1.56. The summed E-state index contributed by atoms with van der Waals surface area (Å²) in [5, 5.41) is 21.2. The van der Waals surface area contributed by atoms with Gasteiger partial charge in [-0.1, -0.05) is 0 Å². The predicted octanol–water partition coefficient (Wildman–Crippen LogP) is 1.66. The number of benzene rings is 1. The van der Waals surface area contributed by atoms with E-state index in [0.29, 0.717) is 0 Å². The molecular formula is C10H8N2O6. The van der Waals surface area contributed by atoms with Crippen molar-refractivity contribution >= 4 is 22.9 Å². The fourth-order valence-electron chi connectivity index (χ4n) is 1.33. The van der Waals surface area contributed by atoms with Crippen molar-refractivity contribution in [2.45, 2.75) is 13.3 Å². The quantitative estimate of drug-likeness (QED) is 0.340. The van der Waals surface area contributed by atoms with E-state index >= 15 is 0 Å². The van der Waals surface area contributed by atoms with E-state index in [1.54, 1.807) is 0 Å². The average molecular weight is 252 g/mol. The lowest BCUT2D eigenvalue weighted by Gasteiger charge is -1.99. The van der Waals surface area contributed by atoms with Gasteiger partial charge in [-0.15, -0.1) is 0 Å². The lowest BCUT2D eigenvalue weighted by molar-refractivity contribution is -0.422. The van der Waals surface area contributed by atoms with Crippen LogP contribution in [-0.4, -0.2) is 21.4 Å². The highest BCUT2D eigenvalue weighted by Gasteiger charge is 2.25. The molecule has 0 radical (unpaired) electrons. The van der Waals surface area contributed by atoms with E-state index in [0.717, 1.165) is 18.2 Å². The molecule has 1 aromatic rings. The molecule has 0 aromatic heterocycles. The minimum absolute atomic E-state index is 0.0949. The van der Waals surface area contributed by atoms with Crippen molar-refractivity contribution < 1.29 is 19.4 Å². The summed E-state index contributed by atoms with van der Waals surface area (Å²) in [6.07, 6.45) is -0.394. The second kappa shape index (κ2) is 5.13. The number of ketones is 2. The molecular weight excluding hydrogens is 244 g/mol. The minimum Gasteiger partial charge on any atom is -0.300 e. The molecule has 8 heteroatoms. The lowest BCUT2D eigenvalue weighted by Crippen LogP contribution is -2.06. The molecule has 1 rings (SSSR count). The second-order valence-electron chi connectivity index (χ2n) is 3.52. The number of nitro groups is 2. The maximum absolute atomic E-state index is 11.5. The first kappa shape index (κ1) is 13.4. The van der Waals surface area contributed by atoms with E-state index in [4.69, 9.17) is 0 Å². The zero-order valence-electron chi connectivity index (χ0n) is 9.28. The van der Waals surface area contributed by atoms with Gasteiger partial charge in [-0.2, -0.15) is 0 Å². The molecule has 0 spiro atoms. The summed E-state index contributed by atoms with van der Waals surface area (Å²) < 4.78 is 0. The van der Waals surface area contributed by atoms with Crippen molar-refractivity contribution in [2.24, 2.45) is 0 Å². The van der Waals surface area contributed by atoms with Crippen LogP contribution in [0.4, 0.5) is 11.4 Å². The third kappa shape index (κ3) is 2.94. The maximum Gasteiger partial charge on any atom is 0.346 e. The number of hydrogen-bond donors (Lipinski definition) is 0. The van der Waals surface area contributed by atoms with Crippen LogP contribution in [0, 0.1) is 20.2 Å². The summed E-state index contributed by atoms with van der Waals surface area (Å²) in [6, 6.07) is 2.78. The van der Waals surface area contributed by atoms with E-state index < -0.39 is 33.4 Å². The Hall–Kier alpha value is -2.64. The Morgan fingerprint density at radius 2 is 1.67 bits per heavy atom. The fraction of sp³-hybridized carbons (Fsp3) is 0.200. The monoisotopic (exact) mass is 252 g/mol. The van der Waals surface area contributed by atoms with Gasteiger partial charge in [0.25, 0.3) is 0 Å². The zero-order valence-corrected chi connectivity index (χ0v) is 9.28. The third-order valence-electron chi connectivity index (χ3n) is 2.10. The van der Waals surface area contributed by atoms with Gasteiger partial charge in [0.05, 0.1) is 16.3 Å². The molecule has 1 aromatic carbocycles. The Bertz CT molecular complexity index is 551. The molecule has 18 heavy (non-hydrogen) atoms. The normalized spacial score (nSPS) is 9.83. The highest BCUT2D eigenvalue weighted by Crippen LogP contribution is 2.27. The first-order valence-electron chi connectivity index (χ1n) is 4.78. The fourth-order valence-corrected chi connectivity index (χ4v) is 1.33. The second-order valence-corrected chi connectivity index (χ2v) is 3.52. The predicted molar refractivity (Wildman–Crippen MR) is 59.4 cm³/mol. The van der Waals surface area contributed by atoms with Crippen molar-refractivity contribution in [3.63, 3.8) is 0 Å². The molecule has 0 unspecified atom stereocenters. The maximum atomic E-state index is 11.5. The van der Waals surface area contributed by atoms with Crippen LogP contribution in [0.5, 0.6) is 0 Å². The molecule has 0 N–H and O–H groups in total. The van der Waals surface area contributed by atoms with Gasteiger partial charge in [-0.3, -0.25) is 29.8 Å². The molecule has 0 heterocycles. The summed E-state index contributed by atoms with van der Waals surface area (Å²) >= 11 is 0. The number of carbonyl (C=O) groups excluding carboxylic acids is 2. The molecule has 0 aliphatic carbocycles. The van der Waals surface area contributed by atoms with Crippen molar-refractivity contribution in [2.75, 3.05) is 0 Å². The number of nitro benzene ring substituents is 2. The molecule has 0 bridgehead atoms. The van der Waals surface area contributed by atoms with Gasteiger partial charge in [-0.25, -0.2) is 0 Å². The molecule has 94 valence electrons. The van der Waals surface area contributed by atoms with Crippen molar-refractivity contribution in [1.29, 1.82) is 0 Å². The Labute approximate surface area is 101 Å². The Morgan fingerprint density at radius 1 is 1.11 bits per heavy atom. The Balaban J connectivity index is 3.23. The Morgan fingerprint density at radius 3 is 2.11 bits per heavy atom. The van der Waals surface area contributed by atoms with Gasteiger partial charge in [0, 0.05) is 17.7 Å². The first-order valence-corrected chi connectivity index (χ1v) is 4.78. The number of carbonyl (C=O) groups is 2. The molecule has 8 nitrogen and oxygen atoms in total. The number of rotatable bonds is 5. The topological polar surface area (TPSA) is 120 Å². The number of Topliss-reactive ketones (excluding diaryl/α,β-unsaturated/α-hetero) is 2. The molecule has 0 amide bonds. The third-order valence-corrected chi connectivity index (χ3v) is 2.10. The number of nitrogens with zero attached hydrogens (tertiary/aromatic N) is 2. The van der Waals surface area contributed by atoms with Crippen molar-refractivity contribution in [3.05, 3.63) is 44.0 Å². The molecule has 0 saturated heterocycles.